The summed E-state index contributed by atoms with van der Waals surface area (Å²) in [5, 5.41) is 2.64. The monoisotopic (exact) mass is 448 g/mol. The lowest BCUT2D eigenvalue weighted by Crippen LogP contribution is -2.28. The van der Waals surface area contributed by atoms with Crippen molar-refractivity contribution in [3.05, 3.63) is 59.7 Å². The lowest BCUT2D eigenvalue weighted by Gasteiger charge is -2.25. The molecule has 8 heteroatoms. The number of hydrogen-bond donors (Lipinski definition) is 1. The molecular formula is C23H23F3N2O2S. The first kappa shape index (κ1) is 21.7. The summed E-state index contributed by atoms with van der Waals surface area (Å²) in [7, 11) is 0. The summed E-state index contributed by atoms with van der Waals surface area (Å²) >= 11 is 1.43. The summed E-state index contributed by atoms with van der Waals surface area (Å²) in [5.74, 6) is 0.214. The van der Waals surface area contributed by atoms with Crippen LogP contribution in [0.15, 0.2) is 48.5 Å². The van der Waals surface area contributed by atoms with Crippen molar-refractivity contribution in [3.63, 3.8) is 0 Å². The van der Waals surface area contributed by atoms with Crippen molar-refractivity contribution in [1.82, 2.24) is 0 Å². The molecule has 2 aliphatic rings. The molecule has 1 saturated heterocycles. The predicted octanol–water partition coefficient (Wildman–Crippen LogP) is 6.00. The number of carbonyl (C=O) groups excluding carboxylic acids is 2. The van der Waals surface area contributed by atoms with E-state index in [1.807, 2.05) is 24.3 Å². The average molecular weight is 449 g/mol. The highest BCUT2D eigenvalue weighted by Crippen LogP contribution is 2.42. The van der Waals surface area contributed by atoms with Crippen molar-refractivity contribution in [2.75, 3.05) is 16.0 Å². The highest BCUT2D eigenvalue weighted by atomic mass is 32.2. The van der Waals surface area contributed by atoms with Gasteiger partial charge in [-0.1, -0.05) is 31.4 Å². The molecule has 0 aromatic heterocycles. The fraction of sp³-hybridized carbons (Fsp3) is 0.391. The zero-order valence-corrected chi connectivity index (χ0v) is 17.6. The molecule has 1 aliphatic carbocycles. The van der Waals surface area contributed by atoms with Gasteiger partial charge in [0.05, 0.1) is 11.3 Å². The molecule has 4 rings (SSSR count). The van der Waals surface area contributed by atoms with Crippen LogP contribution >= 0.6 is 11.8 Å². The molecule has 0 radical (unpaired) electrons. The van der Waals surface area contributed by atoms with Crippen molar-refractivity contribution >= 4 is 35.0 Å². The van der Waals surface area contributed by atoms with Gasteiger partial charge < -0.3 is 5.32 Å². The minimum Gasteiger partial charge on any atom is -0.326 e. The first-order valence-electron chi connectivity index (χ1n) is 10.3. The number of benzene rings is 2. The molecule has 0 spiro atoms. The molecule has 1 aliphatic heterocycles. The molecule has 0 bridgehead atoms. The van der Waals surface area contributed by atoms with Gasteiger partial charge in [0.25, 0.3) is 0 Å². The van der Waals surface area contributed by atoms with Gasteiger partial charge in [-0.15, -0.1) is 11.8 Å². The molecule has 1 N–H and O–H groups in total. The fourth-order valence-electron chi connectivity index (χ4n) is 4.10. The molecule has 1 atom stereocenters. The summed E-state index contributed by atoms with van der Waals surface area (Å²) in [4.78, 5) is 26.4. The average Bonchev–Trinajstić information content (AvgIpc) is 3.15. The van der Waals surface area contributed by atoms with Gasteiger partial charge >= 0.3 is 6.18 Å². The maximum absolute atomic E-state index is 12.8. The second-order valence-electron chi connectivity index (χ2n) is 7.92. The van der Waals surface area contributed by atoms with Crippen molar-refractivity contribution in [3.8, 4) is 0 Å². The number of alkyl halides is 3. The van der Waals surface area contributed by atoms with E-state index in [2.05, 4.69) is 5.32 Å². The van der Waals surface area contributed by atoms with Crippen LogP contribution in [-0.4, -0.2) is 17.6 Å². The number of nitrogens with one attached hydrogen (secondary N) is 1. The van der Waals surface area contributed by atoms with Crippen LogP contribution < -0.4 is 10.2 Å². The number of halogens is 3. The Hall–Kier alpha value is -2.48. The van der Waals surface area contributed by atoms with Crippen LogP contribution in [0.2, 0.25) is 0 Å². The highest BCUT2D eigenvalue weighted by molar-refractivity contribution is 8.00. The maximum atomic E-state index is 12.8. The molecule has 2 aromatic rings. The third-order valence-electron chi connectivity index (χ3n) is 5.78. The van der Waals surface area contributed by atoms with Crippen LogP contribution in [0.25, 0.3) is 0 Å². The van der Waals surface area contributed by atoms with Crippen LogP contribution in [0.1, 0.15) is 48.6 Å². The number of amides is 2. The van der Waals surface area contributed by atoms with E-state index < -0.39 is 11.7 Å². The Kier molecular flexibility index (Phi) is 6.27. The van der Waals surface area contributed by atoms with Gasteiger partial charge in [-0.05, 0) is 54.8 Å². The van der Waals surface area contributed by atoms with Crippen molar-refractivity contribution in [2.45, 2.75) is 43.7 Å². The number of thioether (sulfide) groups is 1. The lowest BCUT2D eigenvalue weighted by molar-refractivity contribution is -0.137. The van der Waals surface area contributed by atoms with Gasteiger partial charge in [0, 0.05) is 17.3 Å². The van der Waals surface area contributed by atoms with E-state index >= 15 is 0 Å². The quantitative estimate of drug-likeness (QED) is 0.624. The van der Waals surface area contributed by atoms with Crippen molar-refractivity contribution < 1.29 is 22.8 Å². The summed E-state index contributed by atoms with van der Waals surface area (Å²) in [6.07, 6.45) is 0.790. The van der Waals surface area contributed by atoms with E-state index in [-0.39, 0.29) is 28.9 Å². The van der Waals surface area contributed by atoms with E-state index in [1.165, 1.54) is 35.2 Å². The standard InChI is InChI=1S/C23H23F3N2O2S/c24-23(25,26)17-8-12-19(13-9-17)28-20(29)14-31-22(28)16-6-10-18(11-7-16)27-21(30)15-4-2-1-3-5-15/h6-13,15,22H,1-5,14H2,(H,27,30). The Morgan fingerprint density at radius 1 is 0.968 bits per heavy atom. The highest BCUT2D eigenvalue weighted by Gasteiger charge is 2.35. The maximum Gasteiger partial charge on any atom is 0.416 e. The second kappa shape index (κ2) is 8.94. The molecular weight excluding hydrogens is 425 g/mol. The van der Waals surface area contributed by atoms with Crippen LogP contribution in [-0.2, 0) is 15.8 Å². The number of anilines is 2. The van der Waals surface area contributed by atoms with Gasteiger partial charge in [-0.3, -0.25) is 14.5 Å². The molecule has 1 heterocycles. The number of carbonyl (C=O) groups is 2. The molecule has 164 valence electrons. The van der Waals surface area contributed by atoms with E-state index in [0.717, 1.165) is 43.4 Å². The number of hydrogen-bond acceptors (Lipinski definition) is 3. The largest absolute Gasteiger partial charge is 0.416 e. The Morgan fingerprint density at radius 3 is 2.23 bits per heavy atom. The fourth-order valence-corrected chi connectivity index (χ4v) is 5.28. The predicted molar refractivity (Wildman–Crippen MR) is 116 cm³/mol. The molecule has 1 unspecified atom stereocenters. The summed E-state index contributed by atoms with van der Waals surface area (Å²) in [5.41, 5.74) is 1.24. The summed E-state index contributed by atoms with van der Waals surface area (Å²) < 4.78 is 38.5. The third kappa shape index (κ3) is 4.89. The van der Waals surface area contributed by atoms with Gasteiger partial charge in [0.2, 0.25) is 11.8 Å². The Bertz CT molecular complexity index is 939. The minimum atomic E-state index is -4.42. The summed E-state index contributed by atoms with van der Waals surface area (Å²) in [6.45, 7) is 0. The number of nitrogens with zero attached hydrogens (tertiary/aromatic N) is 1. The minimum absolute atomic E-state index is 0.0456. The Balaban J connectivity index is 1.47. The van der Waals surface area contributed by atoms with Crippen LogP contribution in [0.3, 0.4) is 0 Å². The molecule has 2 aromatic carbocycles. The third-order valence-corrected chi connectivity index (χ3v) is 6.99. The first-order valence-corrected chi connectivity index (χ1v) is 11.4. The SMILES string of the molecule is O=C(Nc1ccc(C2SCC(=O)N2c2ccc(C(F)(F)F)cc2)cc1)C1CCCCC1. The lowest BCUT2D eigenvalue weighted by atomic mass is 9.88. The Labute approximate surface area is 183 Å². The molecule has 31 heavy (non-hydrogen) atoms. The van der Waals surface area contributed by atoms with Gasteiger partial charge in [0.1, 0.15) is 5.37 Å². The molecule has 4 nitrogen and oxygen atoms in total. The first-order chi connectivity index (χ1) is 14.8. The second-order valence-corrected chi connectivity index (χ2v) is 8.99. The van der Waals surface area contributed by atoms with Crippen LogP contribution in [0.5, 0.6) is 0 Å². The molecule has 2 fully saturated rings. The molecule has 2 amide bonds. The van der Waals surface area contributed by atoms with Crippen molar-refractivity contribution in [2.24, 2.45) is 5.92 Å². The van der Waals surface area contributed by atoms with Gasteiger partial charge in [0.15, 0.2) is 0 Å². The number of rotatable bonds is 4. The van der Waals surface area contributed by atoms with Crippen LogP contribution in [0, 0.1) is 5.92 Å². The van der Waals surface area contributed by atoms with Crippen molar-refractivity contribution in [1.29, 1.82) is 0 Å². The van der Waals surface area contributed by atoms with E-state index in [4.69, 9.17) is 0 Å². The van der Waals surface area contributed by atoms with E-state index in [0.29, 0.717) is 11.4 Å². The smallest absolute Gasteiger partial charge is 0.326 e. The van der Waals surface area contributed by atoms with Crippen LogP contribution in [0.4, 0.5) is 24.5 Å². The normalized spacial score (nSPS) is 20.2. The van der Waals surface area contributed by atoms with E-state index in [1.54, 1.807) is 0 Å². The Morgan fingerprint density at radius 2 is 1.61 bits per heavy atom. The topological polar surface area (TPSA) is 49.4 Å². The van der Waals surface area contributed by atoms with Gasteiger partial charge in [-0.25, -0.2) is 0 Å². The summed E-state index contributed by atoms with van der Waals surface area (Å²) in [6, 6.07) is 12.0. The zero-order valence-electron chi connectivity index (χ0n) is 16.8. The van der Waals surface area contributed by atoms with E-state index in [9.17, 15) is 22.8 Å². The van der Waals surface area contributed by atoms with Gasteiger partial charge in [-0.2, -0.15) is 13.2 Å². The molecule has 1 saturated carbocycles. The zero-order chi connectivity index (χ0) is 22.0.